The first-order chi connectivity index (χ1) is 16.8. The van der Waals surface area contributed by atoms with Crippen LogP contribution < -0.4 is 20.3 Å². The Morgan fingerprint density at radius 1 is 0.971 bits per heavy atom. The standard InChI is InChI=1S/C26H27N5O4/c1-15-13-17(29-11-4-5-22(29)32)6-8-20(15)30-12-10-19-23(25(27)33)28-31(24(19)26(30)34)18-7-9-21(35-3)16(2)14-18/h6-9,13-14H,4-5,10-12H2,1-3H3,(H2,27,33). The third-order valence-corrected chi connectivity index (χ3v) is 6.73. The summed E-state index contributed by atoms with van der Waals surface area (Å²) in [6.07, 6.45) is 1.86. The molecule has 0 saturated carbocycles. The molecule has 0 spiro atoms. The number of hydrogen-bond acceptors (Lipinski definition) is 5. The van der Waals surface area contributed by atoms with Crippen LogP contribution in [0.2, 0.25) is 0 Å². The van der Waals surface area contributed by atoms with Gasteiger partial charge in [0.15, 0.2) is 5.69 Å². The number of nitrogens with two attached hydrogens (primary N) is 1. The third kappa shape index (κ3) is 3.73. The summed E-state index contributed by atoms with van der Waals surface area (Å²) in [5, 5.41) is 4.44. The minimum atomic E-state index is -0.665. The molecule has 1 fully saturated rings. The second-order valence-electron chi connectivity index (χ2n) is 8.93. The van der Waals surface area contributed by atoms with Crippen molar-refractivity contribution in [2.24, 2.45) is 5.73 Å². The lowest BCUT2D eigenvalue weighted by Crippen LogP contribution is -2.39. The highest BCUT2D eigenvalue weighted by molar-refractivity contribution is 6.10. The van der Waals surface area contributed by atoms with E-state index in [0.29, 0.717) is 48.6 Å². The van der Waals surface area contributed by atoms with Gasteiger partial charge in [0.2, 0.25) is 5.91 Å². The maximum absolute atomic E-state index is 13.8. The third-order valence-electron chi connectivity index (χ3n) is 6.73. The van der Waals surface area contributed by atoms with Gasteiger partial charge in [0, 0.05) is 36.4 Å². The topological polar surface area (TPSA) is 111 Å². The van der Waals surface area contributed by atoms with Crippen molar-refractivity contribution >= 4 is 29.1 Å². The predicted molar refractivity (Wildman–Crippen MR) is 132 cm³/mol. The van der Waals surface area contributed by atoms with Gasteiger partial charge in [-0.2, -0.15) is 5.10 Å². The van der Waals surface area contributed by atoms with Gasteiger partial charge in [-0.3, -0.25) is 14.4 Å². The molecule has 35 heavy (non-hydrogen) atoms. The predicted octanol–water partition coefficient (Wildman–Crippen LogP) is 2.93. The van der Waals surface area contributed by atoms with Crippen LogP contribution in [0.4, 0.5) is 11.4 Å². The first-order valence-corrected chi connectivity index (χ1v) is 11.6. The van der Waals surface area contributed by atoms with Gasteiger partial charge in [0.1, 0.15) is 11.4 Å². The number of ether oxygens (including phenoxy) is 1. The second-order valence-corrected chi connectivity index (χ2v) is 8.93. The summed E-state index contributed by atoms with van der Waals surface area (Å²) < 4.78 is 6.85. The average Bonchev–Trinajstić information content (AvgIpc) is 3.44. The Labute approximate surface area is 203 Å². The van der Waals surface area contributed by atoms with Crippen molar-refractivity contribution in [1.82, 2.24) is 9.78 Å². The largest absolute Gasteiger partial charge is 0.496 e. The molecule has 0 bridgehead atoms. The van der Waals surface area contributed by atoms with E-state index in [4.69, 9.17) is 10.5 Å². The van der Waals surface area contributed by atoms with E-state index in [2.05, 4.69) is 5.10 Å². The molecule has 9 heteroatoms. The number of carbonyl (C=O) groups excluding carboxylic acids is 3. The van der Waals surface area contributed by atoms with E-state index in [1.54, 1.807) is 29.0 Å². The SMILES string of the molecule is COc1ccc(-n2nc(C(N)=O)c3c2C(=O)N(c2ccc(N4CCCC4=O)cc2C)CC3)cc1C. The van der Waals surface area contributed by atoms with Crippen LogP contribution in [0.3, 0.4) is 0 Å². The number of carbonyl (C=O) groups is 3. The molecule has 180 valence electrons. The molecule has 0 atom stereocenters. The van der Waals surface area contributed by atoms with E-state index >= 15 is 0 Å². The van der Waals surface area contributed by atoms with Gasteiger partial charge in [0.25, 0.3) is 11.8 Å². The molecule has 2 aromatic carbocycles. The molecule has 1 aromatic heterocycles. The summed E-state index contributed by atoms with van der Waals surface area (Å²) in [7, 11) is 1.59. The van der Waals surface area contributed by atoms with Crippen LogP contribution in [-0.2, 0) is 11.2 Å². The normalized spacial score (nSPS) is 15.5. The molecule has 2 aliphatic heterocycles. The van der Waals surface area contributed by atoms with Crippen LogP contribution in [0.1, 0.15) is 50.5 Å². The molecule has 3 aromatic rings. The van der Waals surface area contributed by atoms with Crippen LogP contribution in [0.25, 0.3) is 5.69 Å². The molecule has 0 aliphatic carbocycles. The monoisotopic (exact) mass is 473 g/mol. The van der Waals surface area contributed by atoms with Crippen molar-refractivity contribution in [3.63, 3.8) is 0 Å². The molecule has 2 N–H and O–H groups in total. The highest BCUT2D eigenvalue weighted by Crippen LogP contribution is 2.33. The summed E-state index contributed by atoms with van der Waals surface area (Å²) in [4.78, 5) is 41.6. The number of amides is 3. The number of benzene rings is 2. The molecule has 0 radical (unpaired) electrons. The number of fused-ring (bicyclic) bond motifs is 1. The smallest absolute Gasteiger partial charge is 0.277 e. The van der Waals surface area contributed by atoms with Gasteiger partial charge in [-0.15, -0.1) is 0 Å². The van der Waals surface area contributed by atoms with Gasteiger partial charge < -0.3 is 20.3 Å². The molecular formula is C26H27N5O4. The molecule has 3 amide bonds. The van der Waals surface area contributed by atoms with Gasteiger partial charge in [-0.25, -0.2) is 4.68 Å². The van der Waals surface area contributed by atoms with E-state index < -0.39 is 5.91 Å². The van der Waals surface area contributed by atoms with Gasteiger partial charge >= 0.3 is 0 Å². The lowest BCUT2D eigenvalue weighted by molar-refractivity contribution is -0.117. The minimum absolute atomic E-state index is 0.112. The zero-order valence-corrected chi connectivity index (χ0v) is 20.0. The van der Waals surface area contributed by atoms with Crippen LogP contribution in [0, 0.1) is 13.8 Å². The second kappa shape index (κ2) is 8.57. The van der Waals surface area contributed by atoms with Crippen LogP contribution in [0.15, 0.2) is 36.4 Å². The average molecular weight is 474 g/mol. The quantitative estimate of drug-likeness (QED) is 0.613. The zero-order chi connectivity index (χ0) is 24.9. The van der Waals surface area contributed by atoms with Gasteiger partial charge in [-0.05, 0) is 74.2 Å². The lowest BCUT2D eigenvalue weighted by atomic mass is 10.0. The molecule has 0 unspecified atom stereocenters. The minimum Gasteiger partial charge on any atom is -0.496 e. The Kier molecular flexibility index (Phi) is 5.55. The highest BCUT2D eigenvalue weighted by atomic mass is 16.5. The van der Waals surface area contributed by atoms with Crippen molar-refractivity contribution in [2.45, 2.75) is 33.1 Å². The van der Waals surface area contributed by atoms with Crippen molar-refractivity contribution < 1.29 is 19.1 Å². The summed E-state index contributed by atoms with van der Waals surface area (Å²) in [6, 6.07) is 11.2. The Morgan fingerprint density at radius 2 is 1.71 bits per heavy atom. The Hall–Kier alpha value is -4.14. The Balaban J connectivity index is 1.56. The Bertz CT molecular complexity index is 1380. The molecule has 2 aliphatic rings. The summed E-state index contributed by atoms with van der Waals surface area (Å²) in [5.41, 5.74) is 10.6. The fraction of sp³-hybridized carbons (Fsp3) is 0.308. The van der Waals surface area contributed by atoms with E-state index in [1.165, 1.54) is 4.68 Å². The number of primary amides is 1. The van der Waals surface area contributed by atoms with Crippen LogP contribution in [0.5, 0.6) is 5.75 Å². The van der Waals surface area contributed by atoms with Crippen molar-refractivity contribution in [1.29, 1.82) is 0 Å². The van der Waals surface area contributed by atoms with Crippen LogP contribution in [-0.4, -0.2) is 47.7 Å². The van der Waals surface area contributed by atoms with Crippen molar-refractivity contribution in [3.05, 3.63) is 64.5 Å². The van der Waals surface area contributed by atoms with E-state index in [1.807, 2.05) is 38.1 Å². The molecule has 1 saturated heterocycles. The lowest BCUT2D eigenvalue weighted by Gasteiger charge is -2.29. The maximum atomic E-state index is 13.8. The number of aromatic nitrogens is 2. The number of hydrogen-bond donors (Lipinski definition) is 1. The highest BCUT2D eigenvalue weighted by Gasteiger charge is 2.35. The van der Waals surface area contributed by atoms with Crippen LogP contribution >= 0.6 is 0 Å². The Morgan fingerprint density at radius 3 is 2.34 bits per heavy atom. The molecule has 9 nitrogen and oxygen atoms in total. The van der Waals surface area contributed by atoms with Gasteiger partial charge in [0.05, 0.1) is 12.8 Å². The molecular weight excluding hydrogens is 446 g/mol. The number of methoxy groups -OCH3 is 1. The number of aryl methyl sites for hydroxylation is 2. The zero-order valence-electron chi connectivity index (χ0n) is 20.0. The molecule has 5 rings (SSSR count). The summed E-state index contributed by atoms with van der Waals surface area (Å²) in [5.74, 6) is -0.0892. The number of anilines is 2. The first-order valence-electron chi connectivity index (χ1n) is 11.6. The van der Waals surface area contributed by atoms with Gasteiger partial charge in [-0.1, -0.05) is 0 Å². The maximum Gasteiger partial charge on any atom is 0.277 e. The van der Waals surface area contributed by atoms with E-state index in [9.17, 15) is 14.4 Å². The fourth-order valence-corrected chi connectivity index (χ4v) is 5.00. The van der Waals surface area contributed by atoms with E-state index in [0.717, 1.165) is 28.9 Å². The van der Waals surface area contributed by atoms with Crippen molar-refractivity contribution in [3.8, 4) is 11.4 Å². The number of rotatable bonds is 5. The first kappa shape index (κ1) is 22.6. The summed E-state index contributed by atoms with van der Waals surface area (Å²) >= 11 is 0. The number of nitrogens with zero attached hydrogens (tertiary/aromatic N) is 4. The molecule has 3 heterocycles. The fourth-order valence-electron chi connectivity index (χ4n) is 5.00. The summed E-state index contributed by atoms with van der Waals surface area (Å²) in [6.45, 7) is 4.93. The van der Waals surface area contributed by atoms with Crippen molar-refractivity contribution in [2.75, 3.05) is 30.0 Å². The van der Waals surface area contributed by atoms with E-state index in [-0.39, 0.29) is 17.5 Å².